The van der Waals surface area contributed by atoms with Crippen LogP contribution in [0.15, 0.2) is 84.9 Å². The lowest BCUT2D eigenvalue weighted by Gasteiger charge is -2.06. The minimum atomic E-state index is -1.73. The van der Waals surface area contributed by atoms with Gasteiger partial charge in [0.25, 0.3) is 0 Å². The van der Waals surface area contributed by atoms with Crippen LogP contribution in [0.1, 0.15) is 5.56 Å². The van der Waals surface area contributed by atoms with Gasteiger partial charge in [-0.05, 0) is 17.7 Å². The Morgan fingerprint density at radius 3 is 1.61 bits per heavy atom. The molecular weight excluding hydrogens is 302 g/mol. The highest BCUT2D eigenvalue weighted by molar-refractivity contribution is 6.63. The van der Waals surface area contributed by atoms with Gasteiger partial charge in [-0.25, -0.2) is 0 Å². The lowest BCUT2D eigenvalue weighted by molar-refractivity contribution is 0.519. The Balaban J connectivity index is 0.000000166. The SMILES string of the molecule is NCc1ccccc1.c1ccc([SiH]2Oc3ccccc3O2)cc1. The number of benzene rings is 3. The number of nitrogens with two attached hydrogens (primary N) is 1. The lowest BCUT2D eigenvalue weighted by Crippen LogP contribution is -2.38. The molecule has 3 aromatic carbocycles. The highest BCUT2D eigenvalue weighted by atomic mass is 28.3. The minimum absolute atomic E-state index is 0.640. The predicted octanol–water partition coefficient (Wildman–Crippen LogP) is 2.73. The lowest BCUT2D eigenvalue weighted by atomic mass is 10.2. The van der Waals surface area contributed by atoms with Gasteiger partial charge in [0.2, 0.25) is 0 Å². The summed E-state index contributed by atoms with van der Waals surface area (Å²) in [5, 5.41) is 1.17. The standard InChI is InChI=1S/C12H10O2Si.C7H9N/c1-2-6-10(7-3-1)15-13-11-8-4-5-9-12(11)14-15;8-6-7-4-2-1-3-5-7/h1-9,15H;1-5H,6,8H2. The van der Waals surface area contributed by atoms with Crippen LogP contribution in [0.25, 0.3) is 0 Å². The molecule has 0 aliphatic carbocycles. The summed E-state index contributed by atoms with van der Waals surface area (Å²) in [4.78, 5) is 0. The fraction of sp³-hybridized carbons (Fsp3) is 0.0526. The van der Waals surface area contributed by atoms with Gasteiger partial charge in [-0.15, -0.1) is 0 Å². The highest BCUT2D eigenvalue weighted by Gasteiger charge is 2.28. The summed E-state index contributed by atoms with van der Waals surface area (Å²) >= 11 is 0. The van der Waals surface area contributed by atoms with Crippen LogP contribution < -0.4 is 19.8 Å². The molecule has 0 radical (unpaired) electrons. The van der Waals surface area contributed by atoms with E-state index in [0.29, 0.717) is 6.54 Å². The van der Waals surface area contributed by atoms with E-state index in [-0.39, 0.29) is 0 Å². The van der Waals surface area contributed by atoms with Gasteiger partial charge in [-0.3, -0.25) is 0 Å². The maximum atomic E-state index is 5.81. The first-order valence-electron chi connectivity index (χ1n) is 7.58. The second-order valence-corrected chi connectivity index (χ2v) is 6.92. The molecule has 4 heteroatoms. The normalized spacial score (nSPS) is 12.4. The van der Waals surface area contributed by atoms with Crippen molar-refractivity contribution in [3.8, 4) is 11.5 Å². The van der Waals surface area contributed by atoms with Gasteiger partial charge in [0.15, 0.2) is 0 Å². The molecule has 0 saturated heterocycles. The molecule has 0 atom stereocenters. The monoisotopic (exact) mass is 321 g/mol. The number of rotatable bonds is 2. The zero-order valence-electron chi connectivity index (χ0n) is 12.8. The first kappa shape index (κ1) is 15.3. The number of para-hydroxylation sites is 2. The van der Waals surface area contributed by atoms with Gasteiger partial charge in [0.05, 0.1) is 0 Å². The molecule has 0 bridgehead atoms. The van der Waals surface area contributed by atoms with E-state index in [1.54, 1.807) is 0 Å². The Bertz CT molecular complexity index is 710. The molecule has 0 amide bonds. The predicted molar refractivity (Wildman–Crippen MR) is 95.3 cm³/mol. The fourth-order valence-electron chi connectivity index (χ4n) is 2.26. The molecule has 2 N–H and O–H groups in total. The van der Waals surface area contributed by atoms with Crippen molar-refractivity contribution in [2.45, 2.75) is 6.54 Å². The highest BCUT2D eigenvalue weighted by Crippen LogP contribution is 2.32. The van der Waals surface area contributed by atoms with Crippen LogP contribution in [-0.2, 0) is 6.54 Å². The average molecular weight is 321 g/mol. The van der Waals surface area contributed by atoms with Crippen molar-refractivity contribution in [2.75, 3.05) is 0 Å². The Hall–Kier alpha value is -2.56. The third-order valence-electron chi connectivity index (χ3n) is 3.47. The molecular formula is C19H19NO2Si. The zero-order chi connectivity index (χ0) is 15.9. The van der Waals surface area contributed by atoms with Crippen molar-refractivity contribution in [2.24, 2.45) is 5.73 Å². The van der Waals surface area contributed by atoms with E-state index < -0.39 is 9.28 Å². The van der Waals surface area contributed by atoms with Crippen LogP contribution in [0.5, 0.6) is 11.5 Å². The molecule has 1 aliphatic rings. The summed E-state index contributed by atoms with van der Waals surface area (Å²) < 4.78 is 11.6. The van der Waals surface area contributed by atoms with E-state index >= 15 is 0 Å². The number of fused-ring (bicyclic) bond motifs is 1. The van der Waals surface area contributed by atoms with Crippen LogP contribution in [0.4, 0.5) is 0 Å². The third kappa shape index (κ3) is 4.00. The van der Waals surface area contributed by atoms with Crippen LogP contribution >= 0.6 is 0 Å². The smallest absolute Gasteiger partial charge is 0.479 e. The van der Waals surface area contributed by atoms with Crippen LogP contribution in [0.2, 0.25) is 0 Å². The maximum absolute atomic E-state index is 5.81. The van der Waals surface area contributed by atoms with E-state index in [9.17, 15) is 0 Å². The van der Waals surface area contributed by atoms with Gasteiger partial charge in [0.1, 0.15) is 11.5 Å². The van der Waals surface area contributed by atoms with Crippen molar-refractivity contribution in [1.29, 1.82) is 0 Å². The number of hydrogen-bond acceptors (Lipinski definition) is 3. The second-order valence-electron chi connectivity index (χ2n) is 5.11. The quantitative estimate of drug-likeness (QED) is 0.738. The Labute approximate surface area is 138 Å². The fourth-order valence-corrected chi connectivity index (χ4v) is 3.97. The van der Waals surface area contributed by atoms with E-state index in [2.05, 4.69) is 12.1 Å². The summed E-state index contributed by atoms with van der Waals surface area (Å²) in [6.07, 6.45) is 0. The summed E-state index contributed by atoms with van der Waals surface area (Å²) in [5.74, 6) is 1.75. The van der Waals surface area contributed by atoms with E-state index in [0.717, 1.165) is 11.5 Å². The Morgan fingerprint density at radius 2 is 1.13 bits per heavy atom. The molecule has 0 aromatic heterocycles. The third-order valence-corrected chi connectivity index (χ3v) is 5.33. The summed E-state index contributed by atoms with van der Waals surface area (Å²) in [6, 6.07) is 28.0. The molecule has 1 aliphatic heterocycles. The van der Waals surface area contributed by atoms with Gasteiger partial charge >= 0.3 is 9.28 Å². The molecule has 4 rings (SSSR count). The van der Waals surface area contributed by atoms with Crippen molar-refractivity contribution >= 4 is 14.5 Å². The first-order valence-corrected chi connectivity index (χ1v) is 9.10. The molecule has 1 heterocycles. The maximum Gasteiger partial charge on any atom is 0.479 e. The molecule has 0 unspecified atom stereocenters. The van der Waals surface area contributed by atoms with Gasteiger partial charge < -0.3 is 14.6 Å². The Morgan fingerprint density at radius 1 is 0.652 bits per heavy atom. The van der Waals surface area contributed by atoms with E-state index in [1.807, 2.05) is 72.8 Å². The summed E-state index contributed by atoms with van der Waals surface area (Å²) in [5.41, 5.74) is 6.54. The van der Waals surface area contributed by atoms with E-state index in [4.69, 9.17) is 14.6 Å². The molecule has 3 aromatic rings. The van der Waals surface area contributed by atoms with Crippen molar-refractivity contribution in [3.63, 3.8) is 0 Å². The topological polar surface area (TPSA) is 44.5 Å². The van der Waals surface area contributed by atoms with Crippen LogP contribution in [-0.4, -0.2) is 9.28 Å². The summed E-state index contributed by atoms with van der Waals surface area (Å²) in [6.45, 7) is 0.640. The van der Waals surface area contributed by atoms with Gasteiger partial charge in [-0.2, -0.15) is 0 Å². The largest absolute Gasteiger partial charge is 0.508 e. The van der Waals surface area contributed by atoms with Gasteiger partial charge in [-0.1, -0.05) is 72.8 Å². The van der Waals surface area contributed by atoms with Crippen molar-refractivity contribution in [1.82, 2.24) is 0 Å². The molecule has 23 heavy (non-hydrogen) atoms. The molecule has 0 fully saturated rings. The minimum Gasteiger partial charge on any atom is -0.508 e. The van der Waals surface area contributed by atoms with Crippen LogP contribution in [0, 0.1) is 0 Å². The van der Waals surface area contributed by atoms with E-state index in [1.165, 1.54) is 10.8 Å². The molecule has 3 nitrogen and oxygen atoms in total. The first-order chi connectivity index (χ1) is 11.4. The average Bonchev–Trinajstić information content (AvgIpc) is 3.08. The molecule has 0 saturated carbocycles. The Kier molecular flexibility index (Phi) is 5.08. The number of hydrogen-bond donors (Lipinski definition) is 1. The van der Waals surface area contributed by atoms with Gasteiger partial charge in [0, 0.05) is 11.7 Å². The van der Waals surface area contributed by atoms with Crippen molar-refractivity contribution in [3.05, 3.63) is 90.5 Å². The summed E-state index contributed by atoms with van der Waals surface area (Å²) in [7, 11) is -1.73. The molecule has 116 valence electrons. The molecule has 0 spiro atoms. The second kappa shape index (κ2) is 7.62. The zero-order valence-corrected chi connectivity index (χ0v) is 13.9. The van der Waals surface area contributed by atoms with Crippen molar-refractivity contribution < 1.29 is 8.85 Å². The van der Waals surface area contributed by atoms with Crippen LogP contribution in [0.3, 0.4) is 0 Å².